The number of nitrogens with zero attached hydrogens (tertiary/aromatic N) is 4. The Balaban J connectivity index is 3.04. The van der Waals surface area contributed by atoms with Crippen LogP contribution in [0.5, 0.6) is 0 Å². The monoisotopic (exact) mass is 238 g/mol. The SMILES string of the molecule is COCCN(CCO)c1c(C#N)c(C)nn1C. The first-order valence-electron chi connectivity index (χ1n) is 5.44. The van der Waals surface area contributed by atoms with Gasteiger partial charge in [0.2, 0.25) is 0 Å². The maximum Gasteiger partial charge on any atom is 0.145 e. The van der Waals surface area contributed by atoms with E-state index in [9.17, 15) is 0 Å². The molecule has 0 saturated carbocycles. The molecule has 0 unspecified atom stereocenters. The summed E-state index contributed by atoms with van der Waals surface area (Å²) in [6.45, 7) is 3.44. The molecule has 1 heterocycles. The first-order valence-corrected chi connectivity index (χ1v) is 5.44. The third kappa shape index (κ3) is 2.96. The predicted octanol–water partition coefficient (Wildman–Crippen LogP) is 0.0453. The van der Waals surface area contributed by atoms with Crippen LogP contribution in [0, 0.1) is 18.3 Å². The topological polar surface area (TPSA) is 74.3 Å². The summed E-state index contributed by atoms with van der Waals surface area (Å²) in [7, 11) is 3.41. The van der Waals surface area contributed by atoms with Crippen molar-refractivity contribution < 1.29 is 9.84 Å². The lowest BCUT2D eigenvalue weighted by Crippen LogP contribution is -2.32. The number of hydrogen-bond acceptors (Lipinski definition) is 5. The van der Waals surface area contributed by atoms with Gasteiger partial charge in [-0.25, -0.2) is 0 Å². The molecule has 0 spiro atoms. The average Bonchev–Trinajstić information content (AvgIpc) is 2.59. The van der Waals surface area contributed by atoms with E-state index in [2.05, 4.69) is 11.2 Å². The van der Waals surface area contributed by atoms with Crippen LogP contribution >= 0.6 is 0 Å². The summed E-state index contributed by atoms with van der Waals surface area (Å²) < 4.78 is 6.69. The van der Waals surface area contributed by atoms with E-state index in [1.165, 1.54) is 0 Å². The van der Waals surface area contributed by atoms with Crippen LogP contribution in [0.2, 0.25) is 0 Å². The number of aliphatic hydroxyl groups excluding tert-OH is 1. The maximum absolute atomic E-state index is 9.13. The summed E-state index contributed by atoms with van der Waals surface area (Å²) >= 11 is 0. The maximum atomic E-state index is 9.13. The summed E-state index contributed by atoms with van der Waals surface area (Å²) in [5, 5.41) is 22.4. The van der Waals surface area contributed by atoms with Gasteiger partial charge in [-0.05, 0) is 6.92 Å². The zero-order valence-electron chi connectivity index (χ0n) is 10.5. The Hall–Kier alpha value is -1.58. The van der Waals surface area contributed by atoms with Crippen LogP contribution in [0.15, 0.2) is 0 Å². The first-order chi connectivity index (χ1) is 8.15. The quantitative estimate of drug-likeness (QED) is 0.757. The van der Waals surface area contributed by atoms with Gasteiger partial charge in [-0.2, -0.15) is 10.4 Å². The van der Waals surface area contributed by atoms with Gasteiger partial charge < -0.3 is 14.7 Å². The van der Waals surface area contributed by atoms with Crippen molar-refractivity contribution in [3.63, 3.8) is 0 Å². The molecular weight excluding hydrogens is 220 g/mol. The van der Waals surface area contributed by atoms with Gasteiger partial charge in [0, 0.05) is 27.2 Å². The Kier molecular flexibility index (Phi) is 4.94. The van der Waals surface area contributed by atoms with Crippen molar-refractivity contribution in [1.82, 2.24) is 9.78 Å². The second-order valence-corrected chi connectivity index (χ2v) is 3.72. The number of aryl methyl sites for hydroxylation is 2. The largest absolute Gasteiger partial charge is 0.395 e. The number of ether oxygens (including phenoxy) is 1. The highest BCUT2D eigenvalue weighted by Crippen LogP contribution is 2.21. The first kappa shape index (κ1) is 13.5. The highest BCUT2D eigenvalue weighted by molar-refractivity contribution is 5.56. The molecule has 0 atom stereocenters. The lowest BCUT2D eigenvalue weighted by atomic mass is 10.2. The highest BCUT2D eigenvalue weighted by atomic mass is 16.5. The molecule has 0 radical (unpaired) electrons. The van der Waals surface area contributed by atoms with Gasteiger partial charge in [-0.15, -0.1) is 0 Å². The van der Waals surface area contributed by atoms with Crippen LogP contribution in [0.25, 0.3) is 0 Å². The summed E-state index contributed by atoms with van der Waals surface area (Å²) in [5.74, 6) is 0.733. The molecular formula is C11H18N4O2. The Morgan fingerprint density at radius 1 is 1.53 bits per heavy atom. The minimum Gasteiger partial charge on any atom is -0.395 e. The summed E-state index contributed by atoms with van der Waals surface area (Å²) in [6.07, 6.45) is 0. The number of aromatic nitrogens is 2. The zero-order valence-corrected chi connectivity index (χ0v) is 10.5. The van der Waals surface area contributed by atoms with Crippen LogP contribution in [0.1, 0.15) is 11.3 Å². The number of aliphatic hydroxyl groups is 1. The van der Waals surface area contributed by atoms with Gasteiger partial charge in [-0.1, -0.05) is 0 Å². The lowest BCUT2D eigenvalue weighted by molar-refractivity contribution is 0.202. The zero-order chi connectivity index (χ0) is 12.8. The number of anilines is 1. The van der Waals surface area contributed by atoms with Gasteiger partial charge in [0.15, 0.2) is 0 Å². The van der Waals surface area contributed by atoms with E-state index in [1.54, 1.807) is 25.8 Å². The van der Waals surface area contributed by atoms with Crippen molar-refractivity contribution in [3.8, 4) is 6.07 Å². The standard InChI is InChI=1S/C11H18N4O2/c1-9-10(8-12)11(14(2)13-9)15(4-6-16)5-7-17-3/h16H,4-7H2,1-3H3. The fourth-order valence-electron chi connectivity index (χ4n) is 1.79. The van der Waals surface area contributed by atoms with Crippen molar-refractivity contribution in [2.24, 2.45) is 7.05 Å². The van der Waals surface area contributed by atoms with Gasteiger partial charge in [-0.3, -0.25) is 4.68 Å². The molecule has 0 aliphatic rings. The van der Waals surface area contributed by atoms with Crippen molar-refractivity contribution in [2.75, 3.05) is 38.3 Å². The minimum atomic E-state index is 0.0266. The van der Waals surface area contributed by atoms with E-state index < -0.39 is 0 Å². The molecule has 0 saturated heterocycles. The summed E-state index contributed by atoms with van der Waals surface area (Å²) in [6, 6.07) is 2.15. The lowest BCUT2D eigenvalue weighted by Gasteiger charge is -2.23. The predicted molar refractivity (Wildman–Crippen MR) is 63.8 cm³/mol. The third-order valence-corrected chi connectivity index (χ3v) is 2.54. The molecule has 94 valence electrons. The third-order valence-electron chi connectivity index (χ3n) is 2.54. The van der Waals surface area contributed by atoms with Crippen molar-refractivity contribution in [3.05, 3.63) is 11.3 Å². The van der Waals surface area contributed by atoms with Crippen LogP contribution in [0.4, 0.5) is 5.82 Å². The molecule has 6 heteroatoms. The van der Waals surface area contributed by atoms with Gasteiger partial charge >= 0.3 is 0 Å². The smallest absolute Gasteiger partial charge is 0.145 e. The Morgan fingerprint density at radius 3 is 2.76 bits per heavy atom. The summed E-state index contributed by atoms with van der Waals surface area (Å²) in [4.78, 5) is 1.90. The molecule has 0 aliphatic heterocycles. The highest BCUT2D eigenvalue weighted by Gasteiger charge is 2.18. The van der Waals surface area contributed by atoms with E-state index in [1.807, 2.05) is 4.90 Å². The van der Waals surface area contributed by atoms with E-state index in [-0.39, 0.29) is 6.61 Å². The molecule has 6 nitrogen and oxygen atoms in total. The van der Waals surface area contributed by atoms with Gasteiger partial charge in [0.05, 0.1) is 18.9 Å². The molecule has 1 N–H and O–H groups in total. The Bertz CT molecular complexity index is 408. The minimum absolute atomic E-state index is 0.0266. The molecule has 1 aromatic rings. The number of methoxy groups -OCH3 is 1. The van der Waals surface area contributed by atoms with Crippen LogP contribution < -0.4 is 4.90 Å². The molecule has 0 amide bonds. The van der Waals surface area contributed by atoms with Gasteiger partial charge in [0.1, 0.15) is 17.5 Å². The summed E-state index contributed by atoms with van der Waals surface area (Å²) in [5.41, 5.74) is 1.25. The normalized spacial score (nSPS) is 10.3. The molecule has 1 aromatic heterocycles. The second kappa shape index (κ2) is 6.23. The van der Waals surface area contributed by atoms with E-state index in [0.717, 1.165) is 5.82 Å². The molecule has 0 fully saturated rings. The van der Waals surface area contributed by atoms with Crippen molar-refractivity contribution >= 4 is 5.82 Å². The molecule has 0 aliphatic carbocycles. The molecule has 1 rings (SSSR count). The number of hydrogen-bond donors (Lipinski definition) is 1. The van der Waals surface area contributed by atoms with E-state index in [4.69, 9.17) is 15.1 Å². The fraction of sp³-hybridized carbons (Fsp3) is 0.636. The van der Waals surface area contributed by atoms with Gasteiger partial charge in [0.25, 0.3) is 0 Å². The Morgan fingerprint density at radius 2 is 2.24 bits per heavy atom. The average molecular weight is 238 g/mol. The molecule has 0 bridgehead atoms. The van der Waals surface area contributed by atoms with E-state index in [0.29, 0.717) is 31.0 Å². The fourth-order valence-corrected chi connectivity index (χ4v) is 1.79. The van der Waals surface area contributed by atoms with Crippen LogP contribution in [-0.2, 0) is 11.8 Å². The number of nitriles is 1. The molecule has 0 aromatic carbocycles. The van der Waals surface area contributed by atoms with Crippen LogP contribution in [-0.4, -0.2) is 48.3 Å². The second-order valence-electron chi connectivity index (χ2n) is 3.72. The van der Waals surface area contributed by atoms with Crippen molar-refractivity contribution in [2.45, 2.75) is 6.92 Å². The van der Waals surface area contributed by atoms with E-state index >= 15 is 0 Å². The molecule has 17 heavy (non-hydrogen) atoms. The number of rotatable bonds is 6. The Labute approximate surface area is 101 Å². The van der Waals surface area contributed by atoms with Crippen LogP contribution in [0.3, 0.4) is 0 Å². The van der Waals surface area contributed by atoms with Crippen molar-refractivity contribution in [1.29, 1.82) is 5.26 Å².